The van der Waals surface area contributed by atoms with Crippen molar-refractivity contribution in [1.29, 1.82) is 0 Å². The first kappa shape index (κ1) is 21.7. The smallest absolute Gasteiger partial charge is 0.0512 e. The lowest BCUT2D eigenvalue weighted by Crippen LogP contribution is -1.98. The normalized spacial score (nSPS) is 13.0. The van der Waals surface area contributed by atoms with Gasteiger partial charge in [-0.1, -0.05) is 69.9 Å². The Kier molecular flexibility index (Phi) is 18.4. The zero-order valence-electron chi connectivity index (χ0n) is 14.9. The highest BCUT2D eigenvalue weighted by Crippen LogP contribution is 2.11. The first-order valence-electron chi connectivity index (χ1n) is 9.71. The van der Waals surface area contributed by atoms with Crippen molar-refractivity contribution in [2.75, 3.05) is 6.61 Å². The summed E-state index contributed by atoms with van der Waals surface area (Å²) in [5.41, 5.74) is 0. The Morgan fingerprint density at radius 1 is 0.636 bits per heavy atom. The van der Waals surface area contributed by atoms with Crippen molar-refractivity contribution < 1.29 is 10.2 Å². The van der Waals surface area contributed by atoms with Gasteiger partial charge in [-0.25, -0.2) is 0 Å². The van der Waals surface area contributed by atoms with Crippen molar-refractivity contribution in [2.24, 2.45) is 0 Å². The van der Waals surface area contributed by atoms with Gasteiger partial charge in [0.15, 0.2) is 0 Å². The molecule has 0 aromatic rings. The standard InChI is InChI=1S/C20H40O2/c1-20(22)18-16-14-12-10-8-6-4-2-3-5-7-9-11-13-15-17-19-21/h2-3,20-22H,4-19H2,1H3/b3-2-. The molecule has 2 nitrogen and oxygen atoms in total. The van der Waals surface area contributed by atoms with E-state index in [0.717, 1.165) is 12.8 Å². The van der Waals surface area contributed by atoms with E-state index in [1.165, 1.54) is 83.5 Å². The second-order valence-electron chi connectivity index (χ2n) is 6.65. The Morgan fingerprint density at radius 3 is 1.50 bits per heavy atom. The highest BCUT2D eigenvalue weighted by molar-refractivity contribution is 4.81. The lowest BCUT2D eigenvalue weighted by Gasteiger charge is -2.03. The Hall–Kier alpha value is -0.340. The van der Waals surface area contributed by atoms with Gasteiger partial charge >= 0.3 is 0 Å². The summed E-state index contributed by atoms with van der Waals surface area (Å²) >= 11 is 0. The molecular weight excluding hydrogens is 272 g/mol. The molecule has 0 radical (unpaired) electrons. The molecule has 1 unspecified atom stereocenters. The van der Waals surface area contributed by atoms with E-state index in [-0.39, 0.29) is 6.10 Å². The van der Waals surface area contributed by atoms with Gasteiger partial charge in [0.2, 0.25) is 0 Å². The highest BCUT2D eigenvalue weighted by atomic mass is 16.3. The fourth-order valence-electron chi connectivity index (χ4n) is 2.73. The van der Waals surface area contributed by atoms with Crippen molar-refractivity contribution in [3.05, 3.63) is 12.2 Å². The van der Waals surface area contributed by atoms with Gasteiger partial charge in [-0.15, -0.1) is 0 Å². The number of hydrogen-bond acceptors (Lipinski definition) is 2. The molecule has 0 spiro atoms. The maximum Gasteiger partial charge on any atom is 0.0512 e. The summed E-state index contributed by atoms with van der Waals surface area (Å²) in [6.45, 7) is 2.23. The van der Waals surface area contributed by atoms with Crippen LogP contribution in [0.5, 0.6) is 0 Å². The molecule has 2 N–H and O–H groups in total. The van der Waals surface area contributed by atoms with E-state index in [1.807, 2.05) is 6.92 Å². The molecule has 0 saturated carbocycles. The zero-order valence-corrected chi connectivity index (χ0v) is 14.9. The Labute approximate surface area is 139 Å². The largest absolute Gasteiger partial charge is 0.396 e. The van der Waals surface area contributed by atoms with Gasteiger partial charge in [0, 0.05) is 6.61 Å². The monoisotopic (exact) mass is 312 g/mol. The first-order chi connectivity index (χ1) is 10.8. The molecule has 0 saturated heterocycles. The lowest BCUT2D eigenvalue weighted by molar-refractivity contribution is 0.180. The molecule has 0 amide bonds. The van der Waals surface area contributed by atoms with Gasteiger partial charge in [0.25, 0.3) is 0 Å². The molecule has 0 aliphatic rings. The summed E-state index contributed by atoms with van der Waals surface area (Å²) < 4.78 is 0. The van der Waals surface area contributed by atoms with Crippen molar-refractivity contribution in [3.63, 3.8) is 0 Å². The third kappa shape index (κ3) is 19.7. The number of allylic oxidation sites excluding steroid dienone is 2. The second kappa shape index (κ2) is 18.7. The molecule has 0 rings (SSSR count). The Morgan fingerprint density at radius 2 is 1.05 bits per heavy atom. The van der Waals surface area contributed by atoms with Crippen molar-refractivity contribution in [2.45, 2.75) is 109 Å². The van der Waals surface area contributed by atoms with Gasteiger partial charge in [-0.2, -0.15) is 0 Å². The van der Waals surface area contributed by atoms with Crippen molar-refractivity contribution in [1.82, 2.24) is 0 Å². The summed E-state index contributed by atoms with van der Waals surface area (Å²) in [6.07, 6.45) is 23.3. The van der Waals surface area contributed by atoms with E-state index >= 15 is 0 Å². The summed E-state index contributed by atoms with van der Waals surface area (Å²) in [5.74, 6) is 0. The average Bonchev–Trinajstić information content (AvgIpc) is 2.50. The number of unbranched alkanes of at least 4 members (excludes halogenated alkanes) is 12. The number of aliphatic hydroxyl groups excluding tert-OH is 2. The van der Waals surface area contributed by atoms with Crippen LogP contribution in [0.1, 0.15) is 103 Å². The fraction of sp³-hybridized carbons (Fsp3) is 0.900. The van der Waals surface area contributed by atoms with Crippen LogP contribution >= 0.6 is 0 Å². The Balaban J connectivity index is 3.05. The molecule has 1 atom stereocenters. The summed E-state index contributed by atoms with van der Waals surface area (Å²) in [5, 5.41) is 17.8. The molecule has 2 heteroatoms. The maximum atomic E-state index is 9.16. The molecule has 0 bridgehead atoms. The highest BCUT2D eigenvalue weighted by Gasteiger charge is 1.95. The maximum absolute atomic E-state index is 9.16. The molecular formula is C20H40O2. The van der Waals surface area contributed by atoms with Gasteiger partial charge in [0.1, 0.15) is 0 Å². The lowest BCUT2D eigenvalue weighted by atomic mass is 10.1. The van der Waals surface area contributed by atoms with Crippen LogP contribution in [0.15, 0.2) is 12.2 Å². The third-order valence-corrected chi connectivity index (χ3v) is 4.19. The van der Waals surface area contributed by atoms with E-state index in [2.05, 4.69) is 12.2 Å². The van der Waals surface area contributed by atoms with Crippen LogP contribution in [-0.2, 0) is 0 Å². The van der Waals surface area contributed by atoms with Crippen LogP contribution in [0.3, 0.4) is 0 Å². The van der Waals surface area contributed by atoms with E-state index in [0.29, 0.717) is 6.61 Å². The van der Waals surface area contributed by atoms with Crippen molar-refractivity contribution >= 4 is 0 Å². The quantitative estimate of drug-likeness (QED) is 0.264. The molecule has 0 aliphatic carbocycles. The zero-order chi connectivity index (χ0) is 16.3. The topological polar surface area (TPSA) is 40.5 Å². The molecule has 132 valence electrons. The predicted molar refractivity (Wildman–Crippen MR) is 97.2 cm³/mol. The molecule has 0 aromatic carbocycles. The van der Waals surface area contributed by atoms with Crippen LogP contribution < -0.4 is 0 Å². The van der Waals surface area contributed by atoms with Gasteiger partial charge in [0.05, 0.1) is 6.10 Å². The second-order valence-corrected chi connectivity index (χ2v) is 6.65. The first-order valence-corrected chi connectivity index (χ1v) is 9.71. The van der Waals surface area contributed by atoms with Gasteiger partial charge in [-0.05, 0) is 45.4 Å². The average molecular weight is 313 g/mol. The minimum Gasteiger partial charge on any atom is -0.396 e. The third-order valence-electron chi connectivity index (χ3n) is 4.19. The van der Waals surface area contributed by atoms with E-state index in [4.69, 9.17) is 10.2 Å². The number of rotatable bonds is 17. The fourth-order valence-corrected chi connectivity index (χ4v) is 2.73. The summed E-state index contributed by atoms with van der Waals surface area (Å²) in [7, 11) is 0. The molecule has 0 aliphatic heterocycles. The van der Waals surface area contributed by atoms with Crippen LogP contribution in [0, 0.1) is 0 Å². The summed E-state index contributed by atoms with van der Waals surface area (Å²) in [4.78, 5) is 0. The summed E-state index contributed by atoms with van der Waals surface area (Å²) in [6, 6.07) is 0. The molecule has 22 heavy (non-hydrogen) atoms. The molecule has 0 aromatic heterocycles. The predicted octanol–water partition coefficient (Wildman–Crippen LogP) is 5.77. The van der Waals surface area contributed by atoms with E-state index in [9.17, 15) is 0 Å². The van der Waals surface area contributed by atoms with Gasteiger partial charge in [-0.3, -0.25) is 0 Å². The SMILES string of the molecule is CC(O)CCCCCCCC/C=C\CCCCCCCCO. The van der Waals surface area contributed by atoms with Crippen LogP contribution in [0.2, 0.25) is 0 Å². The minimum absolute atomic E-state index is 0.120. The van der Waals surface area contributed by atoms with E-state index in [1.54, 1.807) is 0 Å². The van der Waals surface area contributed by atoms with Crippen LogP contribution in [0.25, 0.3) is 0 Å². The number of aliphatic hydroxyl groups is 2. The molecule has 0 fully saturated rings. The minimum atomic E-state index is -0.120. The van der Waals surface area contributed by atoms with Crippen LogP contribution in [-0.4, -0.2) is 22.9 Å². The van der Waals surface area contributed by atoms with Crippen LogP contribution in [0.4, 0.5) is 0 Å². The van der Waals surface area contributed by atoms with Crippen molar-refractivity contribution in [3.8, 4) is 0 Å². The van der Waals surface area contributed by atoms with Gasteiger partial charge < -0.3 is 10.2 Å². The van der Waals surface area contributed by atoms with E-state index < -0.39 is 0 Å². The molecule has 0 heterocycles. The number of hydrogen-bond donors (Lipinski definition) is 2. The Bertz CT molecular complexity index is 224.